The van der Waals surface area contributed by atoms with Gasteiger partial charge in [-0.3, -0.25) is 0 Å². The minimum Gasteiger partial charge on any atom is -0.159 e. The van der Waals surface area contributed by atoms with Gasteiger partial charge in [0.15, 0.2) is 0 Å². The van der Waals surface area contributed by atoms with Crippen LogP contribution in [0, 0.1) is 5.88 Å². The third-order valence-electron chi connectivity index (χ3n) is 0.705. The van der Waals surface area contributed by atoms with Crippen molar-refractivity contribution in [2.24, 2.45) is 0 Å². The van der Waals surface area contributed by atoms with E-state index < -0.39 is 0 Å². The summed E-state index contributed by atoms with van der Waals surface area (Å²) in [6.07, 6.45) is 1.60. The maximum Gasteiger partial charge on any atom is 0.0996 e. The van der Waals surface area contributed by atoms with Gasteiger partial charge >= 0.3 is 0 Å². The first-order valence-corrected chi connectivity index (χ1v) is 2.58. The van der Waals surface area contributed by atoms with E-state index in [9.17, 15) is 0 Å². The lowest BCUT2D eigenvalue weighted by Gasteiger charge is -1.85. The third-order valence-corrected chi connectivity index (χ3v) is 0.928. The lowest BCUT2D eigenvalue weighted by molar-refractivity contribution is 1.00. The molecule has 0 aromatic carbocycles. The standard InChI is InChI=1S/C5H4ClN2/c6-4-5-2-1-3-7-8-5/h1-4H. The van der Waals surface area contributed by atoms with Crippen molar-refractivity contribution in [3.63, 3.8) is 0 Å². The topological polar surface area (TPSA) is 25.8 Å². The molecule has 0 bridgehead atoms. The van der Waals surface area contributed by atoms with Crippen molar-refractivity contribution in [2.75, 3.05) is 0 Å². The van der Waals surface area contributed by atoms with Crippen molar-refractivity contribution < 1.29 is 0 Å². The highest BCUT2D eigenvalue weighted by atomic mass is 35.5. The fourth-order valence-electron chi connectivity index (χ4n) is 0.372. The molecule has 3 heteroatoms. The smallest absolute Gasteiger partial charge is 0.0996 e. The summed E-state index contributed by atoms with van der Waals surface area (Å²) < 4.78 is 0. The van der Waals surface area contributed by atoms with Gasteiger partial charge < -0.3 is 0 Å². The Morgan fingerprint density at radius 3 is 2.88 bits per heavy atom. The van der Waals surface area contributed by atoms with Gasteiger partial charge in [0.05, 0.1) is 11.6 Å². The van der Waals surface area contributed by atoms with Crippen molar-refractivity contribution in [1.82, 2.24) is 10.2 Å². The highest BCUT2D eigenvalue weighted by molar-refractivity contribution is 6.24. The molecule has 41 valence electrons. The Balaban J connectivity index is 2.83. The zero-order valence-electron chi connectivity index (χ0n) is 4.08. The molecule has 1 heterocycles. The second-order valence-electron chi connectivity index (χ2n) is 1.26. The molecule has 0 N–H and O–H groups in total. The Morgan fingerprint density at radius 1 is 1.62 bits per heavy atom. The fourth-order valence-corrected chi connectivity index (χ4v) is 0.488. The van der Waals surface area contributed by atoms with E-state index in [2.05, 4.69) is 10.2 Å². The molecule has 0 aliphatic carbocycles. The van der Waals surface area contributed by atoms with E-state index in [4.69, 9.17) is 11.6 Å². The average molecular weight is 128 g/mol. The first-order chi connectivity index (χ1) is 3.93. The summed E-state index contributed by atoms with van der Waals surface area (Å²) in [6.45, 7) is 0. The van der Waals surface area contributed by atoms with Gasteiger partial charge in [0.2, 0.25) is 0 Å². The minimum absolute atomic E-state index is 0.689. The van der Waals surface area contributed by atoms with Crippen LogP contribution in [0.25, 0.3) is 0 Å². The van der Waals surface area contributed by atoms with Gasteiger partial charge in [0.1, 0.15) is 0 Å². The van der Waals surface area contributed by atoms with Crippen LogP contribution in [0.2, 0.25) is 0 Å². The first-order valence-electron chi connectivity index (χ1n) is 2.14. The van der Waals surface area contributed by atoms with Crippen LogP contribution >= 0.6 is 11.6 Å². The Bertz CT molecular complexity index is 152. The van der Waals surface area contributed by atoms with Crippen LogP contribution < -0.4 is 0 Å². The molecule has 0 saturated heterocycles. The number of nitrogens with zero attached hydrogens (tertiary/aromatic N) is 2. The normalized spacial score (nSPS) is 9.12. The second kappa shape index (κ2) is 2.62. The number of hydrogen-bond donors (Lipinski definition) is 0. The molecule has 1 radical (unpaired) electrons. The second-order valence-corrected chi connectivity index (χ2v) is 1.48. The summed E-state index contributed by atoms with van der Waals surface area (Å²) in [5.74, 6) is 1.38. The van der Waals surface area contributed by atoms with Crippen LogP contribution in [0.15, 0.2) is 18.3 Å². The predicted octanol–water partition coefficient (Wildman–Crippen LogP) is 1.23. The summed E-state index contributed by atoms with van der Waals surface area (Å²) in [6, 6.07) is 3.56. The van der Waals surface area contributed by atoms with Crippen LogP contribution in [0.3, 0.4) is 0 Å². The predicted molar refractivity (Wildman–Crippen MR) is 31.3 cm³/mol. The summed E-state index contributed by atoms with van der Waals surface area (Å²) >= 11 is 5.30. The van der Waals surface area contributed by atoms with Crippen LogP contribution in [0.1, 0.15) is 5.69 Å². The molecule has 0 saturated carbocycles. The van der Waals surface area contributed by atoms with Crippen LogP contribution in [-0.4, -0.2) is 10.2 Å². The minimum atomic E-state index is 0.689. The number of aromatic nitrogens is 2. The number of halogens is 1. The fraction of sp³-hybridized carbons (Fsp3) is 0. The molecule has 0 amide bonds. The van der Waals surface area contributed by atoms with Gasteiger partial charge in [-0.05, 0) is 12.1 Å². The van der Waals surface area contributed by atoms with Crippen molar-refractivity contribution in [3.8, 4) is 0 Å². The van der Waals surface area contributed by atoms with Gasteiger partial charge in [0.25, 0.3) is 0 Å². The Morgan fingerprint density at radius 2 is 2.50 bits per heavy atom. The molecular formula is C5H4ClN2. The number of rotatable bonds is 1. The van der Waals surface area contributed by atoms with Gasteiger partial charge in [-0.1, -0.05) is 0 Å². The van der Waals surface area contributed by atoms with Crippen LogP contribution in [-0.2, 0) is 0 Å². The summed E-state index contributed by atoms with van der Waals surface area (Å²) in [5, 5.41) is 7.25. The molecule has 0 aliphatic rings. The summed E-state index contributed by atoms with van der Waals surface area (Å²) in [7, 11) is 0. The maximum atomic E-state index is 5.30. The average Bonchev–Trinajstić information content (AvgIpc) is 1.90. The first kappa shape index (κ1) is 5.51. The molecule has 1 aromatic heterocycles. The molecule has 0 fully saturated rings. The SMILES string of the molecule is Cl[CH]c1cccnn1. The van der Waals surface area contributed by atoms with Crippen LogP contribution in [0.5, 0.6) is 0 Å². The van der Waals surface area contributed by atoms with E-state index in [0.29, 0.717) is 5.69 Å². The van der Waals surface area contributed by atoms with Gasteiger partial charge in [-0.15, -0.1) is 11.6 Å². The zero-order chi connectivity index (χ0) is 5.82. The van der Waals surface area contributed by atoms with E-state index in [-0.39, 0.29) is 0 Å². The monoisotopic (exact) mass is 127 g/mol. The molecule has 0 spiro atoms. The zero-order valence-corrected chi connectivity index (χ0v) is 4.84. The third kappa shape index (κ3) is 1.17. The molecule has 0 unspecified atom stereocenters. The van der Waals surface area contributed by atoms with E-state index in [1.54, 1.807) is 18.3 Å². The Labute approximate surface area is 52.5 Å². The van der Waals surface area contributed by atoms with Crippen molar-refractivity contribution >= 4 is 11.6 Å². The van der Waals surface area contributed by atoms with Gasteiger partial charge in [0, 0.05) is 6.20 Å². The van der Waals surface area contributed by atoms with E-state index in [1.807, 2.05) is 0 Å². The quantitative estimate of drug-likeness (QED) is 0.567. The lowest BCUT2D eigenvalue weighted by Crippen LogP contribution is -1.83. The van der Waals surface area contributed by atoms with E-state index in [1.165, 1.54) is 5.88 Å². The molecule has 2 nitrogen and oxygen atoms in total. The molecule has 1 rings (SSSR count). The Hall–Kier alpha value is -0.630. The molecule has 8 heavy (non-hydrogen) atoms. The van der Waals surface area contributed by atoms with Crippen molar-refractivity contribution in [2.45, 2.75) is 0 Å². The molecule has 0 aliphatic heterocycles. The molecule has 0 atom stereocenters. The Kier molecular flexibility index (Phi) is 1.80. The molecular weight excluding hydrogens is 124 g/mol. The number of hydrogen-bond acceptors (Lipinski definition) is 2. The van der Waals surface area contributed by atoms with E-state index in [0.717, 1.165) is 0 Å². The van der Waals surface area contributed by atoms with Crippen molar-refractivity contribution in [3.05, 3.63) is 29.9 Å². The highest BCUT2D eigenvalue weighted by Gasteiger charge is 1.85. The lowest BCUT2D eigenvalue weighted by atomic mass is 10.4. The largest absolute Gasteiger partial charge is 0.159 e. The summed E-state index contributed by atoms with van der Waals surface area (Å²) in [4.78, 5) is 0. The molecule has 1 aromatic rings. The van der Waals surface area contributed by atoms with Gasteiger partial charge in [-0.2, -0.15) is 10.2 Å². The maximum absolute atomic E-state index is 5.30. The van der Waals surface area contributed by atoms with Crippen molar-refractivity contribution in [1.29, 1.82) is 0 Å². The van der Waals surface area contributed by atoms with Gasteiger partial charge in [-0.25, -0.2) is 0 Å². The van der Waals surface area contributed by atoms with Crippen LogP contribution in [0.4, 0.5) is 0 Å². The summed E-state index contributed by atoms with van der Waals surface area (Å²) in [5.41, 5.74) is 0.689. The van der Waals surface area contributed by atoms with E-state index >= 15 is 0 Å². The highest BCUT2D eigenvalue weighted by Crippen LogP contribution is 1.96.